The molecule has 0 aliphatic carbocycles. The molecule has 5 aromatic rings. The number of hydrogen-bond acceptors (Lipinski definition) is 9. The van der Waals surface area contributed by atoms with Crippen molar-refractivity contribution in [3.63, 3.8) is 0 Å². The molecule has 0 aliphatic rings. The second-order valence-electron chi connectivity index (χ2n) is 8.12. The highest BCUT2D eigenvalue weighted by Gasteiger charge is 2.24. The van der Waals surface area contributed by atoms with Crippen molar-refractivity contribution in [2.75, 3.05) is 0 Å². The van der Waals surface area contributed by atoms with Crippen LogP contribution in [0.25, 0.3) is 0 Å². The predicted octanol–water partition coefficient (Wildman–Crippen LogP) is 5.05. The fourth-order valence-electron chi connectivity index (χ4n) is 3.84. The van der Waals surface area contributed by atoms with Gasteiger partial charge < -0.3 is 0 Å². The van der Waals surface area contributed by atoms with Gasteiger partial charge in [0.1, 0.15) is 21.1 Å². The van der Waals surface area contributed by atoms with Crippen LogP contribution in [0.2, 0.25) is 0 Å². The van der Waals surface area contributed by atoms with E-state index < -0.39 is 0 Å². The lowest BCUT2D eigenvalue weighted by atomic mass is 10.1. The molecule has 0 bridgehead atoms. The zero-order valence-corrected chi connectivity index (χ0v) is 20.8. The third-order valence-electron chi connectivity index (χ3n) is 5.59. The van der Waals surface area contributed by atoms with E-state index in [-0.39, 0.29) is 11.6 Å². The molecule has 9 heteroatoms. The zero-order chi connectivity index (χ0) is 24.7. The molecule has 0 fully saturated rings. The first-order chi connectivity index (χ1) is 17.7. The Labute approximate surface area is 216 Å². The second kappa shape index (κ2) is 11.2. The zero-order valence-electron chi connectivity index (χ0n) is 19.2. The number of carbonyl (C=O) groups is 2. The maximum atomic E-state index is 13.1. The third kappa shape index (κ3) is 5.49. The van der Waals surface area contributed by atoms with Crippen molar-refractivity contribution in [2.24, 2.45) is 0 Å². The molecule has 178 valence electrons. The van der Waals surface area contributed by atoms with E-state index in [1.807, 2.05) is 66.7 Å². The Kier molecular flexibility index (Phi) is 7.41. The average molecular weight is 512 g/mol. The molecule has 0 spiro atoms. The van der Waals surface area contributed by atoms with Gasteiger partial charge >= 0.3 is 0 Å². The quantitative estimate of drug-likeness (QED) is 0.242. The fourth-order valence-corrected chi connectivity index (χ4v) is 5.11. The third-order valence-corrected chi connectivity index (χ3v) is 7.13. The molecule has 0 aliphatic heterocycles. The molecular formula is C27H21N5O2S2. The molecule has 5 rings (SSSR count). The number of nitrogens with zero attached hydrogens (tertiary/aromatic N) is 5. The molecule has 2 heterocycles. The van der Waals surface area contributed by atoms with Crippen LogP contribution in [0.5, 0.6) is 0 Å². The lowest BCUT2D eigenvalue weighted by Crippen LogP contribution is -2.25. The largest absolute Gasteiger partial charge is 0.288 e. The van der Waals surface area contributed by atoms with Gasteiger partial charge in [-0.1, -0.05) is 100.0 Å². The van der Waals surface area contributed by atoms with Gasteiger partial charge in [-0.05, 0) is 28.6 Å². The normalized spacial score (nSPS) is 11.0. The van der Waals surface area contributed by atoms with E-state index in [0.29, 0.717) is 51.9 Å². The van der Waals surface area contributed by atoms with E-state index in [1.54, 1.807) is 24.3 Å². The molecule has 0 unspecified atom stereocenters. The molecule has 7 nitrogen and oxygen atoms in total. The molecule has 0 N–H and O–H groups in total. The van der Waals surface area contributed by atoms with Crippen LogP contribution in [-0.2, 0) is 19.6 Å². The van der Waals surface area contributed by atoms with E-state index in [4.69, 9.17) is 0 Å². The Balaban J connectivity index is 1.42. The smallest absolute Gasteiger partial charge is 0.206 e. The average Bonchev–Trinajstić information content (AvgIpc) is 3.59. The summed E-state index contributed by atoms with van der Waals surface area (Å²) in [6.07, 6.45) is 0. The monoisotopic (exact) mass is 511 g/mol. The van der Waals surface area contributed by atoms with Crippen LogP contribution in [-0.4, -0.2) is 35.6 Å². The first-order valence-corrected chi connectivity index (χ1v) is 12.8. The van der Waals surface area contributed by atoms with Crippen molar-refractivity contribution < 1.29 is 9.59 Å². The van der Waals surface area contributed by atoms with Gasteiger partial charge in [0.25, 0.3) is 0 Å². The SMILES string of the molecule is O=C(c1ccccc1)c1snnc1CN(Cc1ccccc1)Cc1nnsc1C(=O)c1ccccc1. The van der Waals surface area contributed by atoms with Gasteiger partial charge in [0.2, 0.25) is 11.6 Å². The highest BCUT2D eigenvalue weighted by molar-refractivity contribution is 7.08. The van der Waals surface area contributed by atoms with Gasteiger partial charge in [-0.15, -0.1) is 10.2 Å². The predicted molar refractivity (Wildman–Crippen MR) is 139 cm³/mol. The lowest BCUT2D eigenvalue weighted by Gasteiger charge is -2.21. The van der Waals surface area contributed by atoms with Crippen LogP contribution in [0.3, 0.4) is 0 Å². The summed E-state index contributed by atoms with van der Waals surface area (Å²) in [5, 5.41) is 8.57. The number of rotatable bonds is 10. The van der Waals surface area contributed by atoms with E-state index in [9.17, 15) is 9.59 Å². The maximum Gasteiger partial charge on any atom is 0.206 e. The molecule has 0 radical (unpaired) electrons. The number of hydrogen-bond donors (Lipinski definition) is 0. The first kappa shape index (κ1) is 23.8. The molecule has 0 saturated heterocycles. The van der Waals surface area contributed by atoms with Crippen molar-refractivity contribution in [3.05, 3.63) is 129 Å². The minimum Gasteiger partial charge on any atom is -0.288 e. The molecule has 2 aromatic heterocycles. The van der Waals surface area contributed by atoms with Crippen LogP contribution in [0, 0.1) is 0 Å². The van der Waals surface area contributed by atoms with Crippen molar-refractivity contribution in [1.29, 1.82) is 0 Å². The van der Waals surface area contributed by atoms with E-state index in [0.717, 1.165) is 28.6 Å². The van der Waals surface area contributed by atoms with Gasteiger partial charge in [-0.2, -0.15) is 0 Å². The van der Waals surface area contributed by atoms with Crippen LogP contribution in [0.15, 0.2) is 91.0 Å². The van der Waals surface area contributed by atoms with Gasteiger partial charge in [0, 0.05) is 30.8 Å². The number of carbonyl (C=O) groups excluding carboxylic acids is 2. The summed E-state index contributed by atoms with van der Waals surface area (Å²) >= 11 is 2.19. The molecule has 0 saturated carbocycles. The van der Waals surface area contributed by atoms with Crippen LogP contribution >= 0.6 is 23.1 Å². The first-order valence-electron chi connectivity index (χ1n) is 11.3. The highest BCUT2D eigenvalue weighted by Crippen LogP contribution is 2.23. The Hall–Kier alpha value is -3.92. The van der Waals surface area contributed by atoms with Crippen molar-refractivity contribution in [3.8, 4) is 0 Å². The maximum absolute atomic E-state index is 13.1. The van der Waals surface area contributed by atoms with Gasteiger partial charge in [0.15, 0.2) is 0 Å². The summed E-state index contributed by atoms with van der Waals surface area (Å²) in [5.74, 6) is -0.203. The minimum absolute atomic E-state index is 0.101. The Morgan fingerprint density at radius 2 is 1.00 bits per heavy atom. The Morgan fingerprint density at radius 1 is 0.583 bits per heavy atom. The van der Waals surface area contributed by atoms with Gasteiger partial charge in [-0.3, -0.25) is 14.5 Å². The Bertz CT molecular complexity index is 1360. The van der Waals surface area contributed by atoms with Crippen molar-refractivity contribution >= 4 is 34.6 Å². The van der Waals surface area contributed by atoms with Crippen molar-refractivity contribution in [2.45, 2.75) is 19.6 Å². The minimum atomic E-state index is -0.101. The molecular weight excluding hydrogens is 490 g/mol. The van der Waals surface area contributed by atoms with E-state index in [2.05, 4.69) is 24.1 Å². The lowest BCUT2D eigenvalue weighted by molar-refractivity contribution is 0.103. The van der Waals surface area contributed by atoms with Gasteiger partial charge in [-0.25, -0.2) is 0 Å². The fraction of sp³-hybridized carbons (Fsp3) is 0.111. The number of ketones is 2. The van der Waals surface area contributed by atoms with E-state index >= 15 is 0 Å². The molecule has 0 amide bonds. The van der Waals surface area contributed by atoms with E-state index in [1.165, 1.54) is 0 Å². The summed E-state index contributed by atoms with van der Waals surface area (Å²) in [4.78, 5) is 29.4. The summed E-state index contributed by atoms with van der Waals surface area (Å²) < 4.78 is 8.15. The van der Waals surface area contributed by atoms with Crippen LogP contribution in [0.4, 0.5) is 0 Å². The molecule has 3 aromatic carbocycles. The van der Waals surface area contributed by atoms with Crippen molar-refractivity contribution in [1.82, 2.24) is 24.1 Å². The summed E-state index contributed by atoms with van der Waals surface area (Å²) in [7, 11) is 0. The number of benzene rings is 3. The standard InChI is InChI=1S/C27H21N5O2S2/c33-24(20-12-6-2-7-13-20)26-22(28-30-35-26)17-32(16-19-10-4-1-5-11-19)18-23-27(36-31-29-23)25(34)21-14-8-3-9-15-21/h1-15H,16-18H2. The number of aromatic nitrogens is 4. The second-order valence-corrected chi connectivity index (χ2v) is 9.63. The molecule has 36 heavy (non-hydrogen) atoms. The van der Waals surface area contributed by atoms with Crippen LogP contribution < -0.4 is 0 Å². The summed E-state index contributed by atoms with van der Waals surface area (Å²) in [5.41, 5.74) is 3.49. The topological polar surface area (TPSA) is 88.9 Å². The summed E-state index contributed by atoms with van der Waals surface area (Å²) in [6.45, 7) is 1.32. The van der Waals surface area contributed by atoms with Crippen LogP contribution in [0.1, 0.15) is 47.4 Å². The van der Waals surface area contributed by atoms with Gasteiger partial charge in [0.05, 0.1) is 0 Å². The Morgan fingerprint density at radius 3 is 1.44 bits per heavy atom. The highest BCUT2D eigenvalue weighted by atomic mass is 32.1. The molecule has 0 atom stereocenters. The summed E-state index contributed by atoms with van der Waals surface area (Å²) in [6, 6.07) is 28.3.